The van der Waals surface area contributed by atoms with Crippen molar-refractivity contribution in [3.8, 4) is 0 Å². The summed E-state index contributed by atoms with van der Waals surface area (Å²) in [6, 6.07) is 10.8. The van der Waals surface area contributed by atoms with Crippen LogP contribution in [0.25, 0.3) is 0 Å². The highest BCUT2D eigenvalue weighted by molar-refractivity contribution is 14.1. The summed E-state index contributed by atoms with van der Waals surface area (Å²) in [6.07, 6.45) is 1.62. The maximum Gasteiger partial charge on any atom is 0.324 e. The number of benzene rings is 1. The first-order valence-corrected chi connectivity index (χ1v) is 6.96. The molecule has 4 nitrogen and oxygen atoms in total. The minimum atomic E-state index is -0.315. The molecule has 0 aliphatic heterocycles. The van der Waals surface area contributed by atoms with Gasteiger partial charge in [0, 0.05) is 14.2 Å². The van der Waals surface area contributed by atoms with E-state index in [0.29, 0.717) is 5.82 Å². The molecule has 0 radical (unpaired) electrons. The van der Waals surface area contributed by atoms with Crippen LogP contribution in [0, 0.1) is 3.57 Å². The highest BCUT2D eigenvalue weighted by Crippen LogP contribution is 2.17. The van der Waals surface area contributed by atoms with Crippen LogP contribution >= 0.6 is 38.5 Å². The molecule has 0 aliphatic carbocycles. The van der Waals surface area contributed by atoms with Gasteiger partial charge in [-0.25, -0.2) is 9.78 Å². The van der Waals surface area contributed by atoms with Crippen LogP contribution in [-0.4, -0.2) is 11.0 Å². The summed E-state index contributed by atoms with van der Waals surface area (Å²) < 4.78 is 1.84. The van der Waals surface area contributed by atoms with Gasteiger partial charge in [0.2, 0.25) is 0 Å². The Morgan fingerprint density at radius 1 is 1.22 bits per heavy atom. The summed E-state index contributed by atoms with van der Waals surface area (Å²) >= 11 is 5.48. The molecule has 0 unspecified atom stereocenters. The van der Waals surface area contributed by atoms with Crippen LogP contribution in [0.5, 0.6) is 0 Å². The zero-order valence-corrected chi connectivity index (χ0v) is 12.9. The van der Waals surface area contributed by atoms with Crippen molar-refractivity contribution in [3.63, 3.8) is 0 Å². The fraction of sp³-hybridized carbons (Fsp3) is 0. The van der Waals surface area contributed by atoms with Gasteiger partial charge in [0.25, 0.3) is 0 Å². The first-order chi connectivity index (χ1) is 8.65. The van der Waals surface area contributed by atoms with Crippen molar-refractivity contribution in [3.05, 3.63) is 50.6 Å². The van der Waals surface area contributed by atoms with E-state index < -0.39 is 0 Å². The topological polar surface area (TPSA) is 54.0 Å². The smallest absolute Gasteiger partial charge is 0.307 e. The fourth-order valence-electron chi connectivity index (χ4n) is 1.31. The molecule has 1 aromatic carbocycles. The van der Waals surface area contributed by atoms with Crippen LogP contribution in [0.15, 0.2) is 47.1 Å². The van der Waals surface area contributed by atoms with Gasteiger partial charge in [0.15, 0.2) is 0 Å². The molecule has 18 heavy (non-hydrogen) atoms. The SMILES string of the molecule is O=C(Nc1cc(Br)ccn1)Nc1ccccc1I. The summed E-state index contributed by atoms with van der Waals surface area (Å²) in [5, 5.41) is 5.43. The maximum absolute atomic E-state index is 11.8. The van der Waals surface area contributed by atoms with Gasteiger partial charge in [-0.1, -0.05) is 28.1 Å². The number of aromatic nitrogens is 1. The lowest BCUT2D eigenvalue weighted by atomic mass is 10.3. The first-order valence-electron chi connectivity index (χ1n) is 5.09. The Balaban J connectivity index is 2.03. The molecular formula is C12H9BrIN3O. The van der Waals surface area contributed by atoms with Crippen LogP contribution in [0.2, 0.25) is 0 Å². The van der Waals surface area contributed by atoms with Crippen LogP contribution in [0.3, 0.4) is 0 Å². The number of halogens is 2. The maximum atomic E-state index is 11.8. The standard InChI is InChI=1S/C12H9BrIN3O/c13-8-5-6-15-11(7-8)17-12(18)16-10-4-2-1-3-9(10)14/h1-7H,(H2,15,16,17,18). The van der Waals surface area contributed by atoms with Crippen molar-refractivity contribution in [1.82, 2.24) is 4.98 Å². The molecule has 1 heterocycles. The third kappa shape index (κ3) is 3.67. The van der Waals surface area contributed by atoms with E-state index in [9.17, 15) is 4.79 Å². The van der Waals surface area contributed by atoms with E-state index in [1.807, 2.05) is 24.3 Å². The predicted molar refractivity (Wildman–Crippen MR) is 83.7 cm³/mol. The second-order valence-electron chi connectivity index (χ2n) is 3.42. The highest BCUT2D eigenvalue weighted by atomic mass is 127. The Morgan fingerprint density at radius 2 is 2.00 bits per heavy atom. The molecule has 0 aliphatic rings. The molecular weight excluding hydrogens is 409 g/mol. The van der Waals surface area contributed by atoms with Crippen molar-refractivity contribution >= 4 is 56.1 Å². The van der Waals surface area contributed by atoms with Crippen molar-refractivity contribution in [2.75, 3.05) is 10.6 Å². The fourth-order valence-corrected chi connectivity index (χ4v) is 2.16. The number of anilines is 2. The number of hydrogen-bond acceptors (Lipinski definition) is 2. The third-order valence-corrected chi connectivity index (χ3v) is 3.52. The van der Waals surface area contributed by atoms with Gasteiger partial charge in [-0.15, -0.1) is 0 Å². The van der Waals surface area contributed by atoms with Gasteiger partial charge in [-0.3, -0.25) is 5.32 Å². The normalized spacial score (nSPS) is 9.89. The number of nitrogens with one attached hydrogen (secondary N) is 2. The molecule has 6 heteroatoms. The summed E-state index contributed by atoms with van der Waals surface area (Å²) in [4.78, 5) is 15.8. The molecule has 0 saturated carbocycles. The molecule has 1 aromatic heterocycles. The lowest BCUT2D eigenvalue weighted by Gasteiger charge is -2.08. The minimum Gasteiger partial charge on any atom is -0.307 e. The van der Waals surface area contributed by atoms with E-state index in [4.69, 9.17) is 0 Å². The van der Waals surface area contributed by atoms with Crippen molar-refractivity contribution in [2.45, 2.75) is 0 Å². The van der Waals surface area contributed by atoms with E-state index in [1.54, 1.807) is 18.3 Å². The Morgan fingerprint density at radius 3 is 2.72 bits per heavy atom. The van der Waals surface area contributed by atoms with Crippen LogP contribution in [0.4, 0.5) is 16.3 Å². The van der Waals surface area contributed by atoms with Crippen molar-refractivity contribution in [2.24, 2.45) is 0 Å². The lowest BCUT2D eigenvalue weighted by molar-refractivity contribution is 0.262. The Labute approximate surface area is 126 Å². The van der Waals surface area contributed by atoms with E-state index in [0.717, 1.165) is 13.7 Å². The lowest BCUT2D eigenvalue weighted by Crippen LogP contribution is -2.20. The number of amides is 2. The molecule has 0 atom stereocenters. The predicted octanol–water partition coefficient (Wildman–Crippen LogP) is 4.09. The highest BCUT2D eigenvalue weighted by Gasteiger charge is 2.05. The molecule has 2 rings (SSSR count). The van der Waals surface area contributed by atoms with Crippen molar-refractivity contribution < 1.29 is 4.79 Å². The Kier molecular flexibility index (Phi) is 4.54. The summed E-state index contributed by atoms with van der Waals surface area (Å²) in [6.45, 7) is 0. The second kappa shape index (κ2) is 6.14. The number of para-hydroxylation sites is 1. The number of rotatable bonds is 2. The number of nitrogens with zero attached hydrogens (tertiary/aromatic N) is 1. The molecule has 2 aromatic rings. The van der Waals surface area contributed by atoms with Crippen molar-refractivity contribution in [1.29, 1.82) is 0 Å². The largest absolute Gasteiger partial charge is 0.324 e. The number of urea groups is 1. The van der Waals surface area contributed by atoms with E-state index >= 15 is 0 Å². The molecule has 0 bridgehead atoms. The zero-order valence-electron chi connectivity index (χ0n) is 9.15. The first kappa shape index (κ1) is 13.3. The molecule has 0 spiro atoms. The average molecular weight is 418 g/mol. The molecule has 2 N–H and O–H groups in total. The van der Waals surface area contributed by atoms with Gasteiger partial charge in [0.1, 0.15) is 5.82 Å². The second-order valence-corrected chi connectivity index (χ2v) is 5.50. The zero-order chi connectivity index (χ0) is 13.0. The van der Waals surface area contributed by atoms with Gasteiger partial charge < -0.3 is 5.32 Å². The van der Waals surface area contributed by atoms with Gasteiger partial charge in [0.05, 0.1) is 5.69 Å². The summed E-state index contributed by atoms with van der Waals surface area (Å²) in [5.74, 6) is 0.493. The van der Waals surface area contributed by atoms with E-state index in [1.165, 1.54) is 0 Å². The Hall–Kier alpha value is -1.15. The monoisotopic (exact) mass is 417 g/mol. The average Bonchev–Trinajstić information content (AvgIpc) is 2.32. The van der Waals surface area contributed by atoms with Crippen LogP contribution in [-0.2, 0) is 0 Å². The van der Waals surface area contributed by atoms with E-state index in [2.05, 4.69) is 54.1 Å². The minimum absolute atomic E-state index is 0.315. The Bertz CT molecular complexity index is 577. The van der Waals surface area contributed by atoms with Gasteiger partial charge >= 0.3 is 6.03 Å². The molecule has 0 saturated heterocycles. The summed E-state index contributed by atoms with van der Waals surface area (Å²) in [5.41, 5.74) is 0.769. The summed E-state index contributed by atoms with van der Waals surface area (Å²) in [7, 11) is 0. The molecule has 0 fully saturated rings. The number of carbonyl (C=O) groups is 1. The van der Waals surface area contributed by atoms with Crippen LogP contribution < -0.4 is 10.6 Å². The number of carbonyl (C=O) groups excluding carboxylic acids is 1. The number of pyridine rings is 1. The van der Waals surface area contributed by atoms with E-state index in [-0.39, 0.29) is 6.03 Å². The molecule has 2 amide bonds. The quantitative estimate of drug-likeness (QED) is 0.723. The van der Waals surface area contributed by atoms with Gasteiger partial charge in [-0.05, 0) is 46.9 Å². The molecule has 92 valence electrons. The third-order valence-electron chi connectivity index (χ3n) is 2.09. The van der Waals surface area contributed by atoms with Gasteiger partial charge in [-0.2, -0.15) is 0 Å². The van der Waals surface area contributed by atoms with Crippen LogP contribution in [0.1, 0.15) is 0 Å². The number of hydrogen-bond donors (Lipinski definition) is 2.